The second-order valence-corrected chi connectivity index (χ2v) is 11.5. The smallest absolute Gasteiger partial charge is 0.302 e. The zero-order valence-electron chi connectivity index (χ0n) is 20.4. The van der Waals surface area contributed by atoms with Crippen LogP contribution in [0.25, 0.3) is 5.69 Å². The predicted octanol–water partition coefficient (Wildman–Crippen LogP) is 6.09. The van der Waals surface area contributed by atoms with Gasteiger partial charge in [0.05, 0.1) is 11.4 Å². The standard InChI is InChI=1S/C29H36N2O2/c1-18-27-26(31(30-18)21-8-6-5-7-9-21)17-25-23-11-10-20-16-22(33-19(2)32)12-14-28(20,3)24(23)13-15-29(25,27)4/h5-10,22-25H,11-17H2,1-4H3/t22-,23+,24-,25-,28-,29-/m0/s1. The highest BCUT2D eigenvalue weighted by Crippen LogP contribution is 2.64. The lowest BCUT2D eigenvalue weighted by Gasteiger charge is -2.57. The number of hydrogen-bond donors (Lipinski definition) is 0. The first kappa shape index (κ1) is 21.2. The number of para-hydroxylation sites is 1. The molecule has 4 aliphatic rings. The Balaban J connectivity index is 1.34. The van der Waals surface area contributed by atoms with Crippen LogP contribution in [0.3, 0.4) is 0 Å². The quantitative estimate of drug-likeness (QED) is 0.416. The Morgan fingerprint density at radius 2 is 1.82 bits per heavy atom. The number of benzene rings is 1. The van der Waals surface area contributed by atoms with Gasteiger partial charge in [-0.05, 0) is 86.2 Å². The first-order valence-electron chi connectivity index (χ1n) is 12.8. The van der Waals surface area contributed by atoms with E-state index in [2.05, 4.69) is 61.9 Å². The summed E-state index contributed by atoms with van der Waals surface area (Å²) in [5, 5.41) is 5.02. The summed E-state index contributed by atoms with van der Waals surface area (Å²) in [5.41, 5.74) is 7.44. The summed E-state index contributed by atoms with van der Waals surface area (Å²) in [6.45, 7) is 8.80. The number of aryl methyl sites for hydroxylation is 1. The number of nitrogens with zero attached hydrogens (tertiary/aromatic N) is 2. The third-order valence-electron chi connectivity index (χ3n) is 9.92. The van der Waals surface area contributed by atoms with Crippen LogP contribution >= 0.6 is 0 Å². The molecule has 1 aromatic carbocycles. The Morgan fingerprint density at radius 1 is 1.06 bits per heavy atom. The molecule has 174 valence electrons. The van der Waals surface area contributed by atoms with Crippen LogP contribution in [0, 0.1) is 30.1 Å². The molecule has 0 saturated heterocycles. The molecular formula is C29H36N2O2. The van der Waals surface area contributed by atoms with Crippen LogP contribution in [-0.2, 0) is 21.4 Å². The third-order valence-corrected chi connectivity index (χ3v) is 9.92. The van der Waals surface area contributed by atoms with Gasteiger partial charge in [-0.3, -0.25) is 4.79 Å². The van der Waals surface area contributed by atoms with Crippen LogP contribution < -0.4 is 0 Å². The number of aromatic nitrogens is 2. The first-order valence-corrected chi connectivity index (χ1v) is 12.8. The topological polar surface area (TPSA) is 44.1 Å². The molecule has 0 amide bonds. The summed E-state index contributed by atoms with van der Waals surface area (Å²) < 4.78 is 7.85. The van der Waals surface area contributed by atoms with E-state index < -0.39 is 0 Å². The van der Waals surface area contributed by atoms with E-state index in [1.165, 1.54) is 48.8 Å². The minimum atomic E-state index is -0.141. The Hall–Kier alpha value is -2.36. The normalized spacial score (nSPS) is 36.8. The van der Waals surface area contributed by atoms with Gasteiger partial charge in [0.15, 0.2) is 0 Å². The Bertz CT molecular complexity index is 1130. The molecule has 4 nitrogen and oxygen atoms in total. The summed E-state index contributed by atoms with van der Waals surface area (Å²) in [5.74, 6) is 1.99. The van der Waals surface area contributed by atoms with Crippen LogP contribution in [0.2, 0.25) is 0 Å². The largest absolute Gasteiger partial charge is 0.462 e. The molecule has 33 heavy (non-hydrogen) atoms. The SMILES string of the molecule is CC(=O)O[C@H]1CC[C@@]2(C)C(=CC[C@@H]3[C@@H]2CC[C@]2(C)c4c(C)nn(-c5ccccc5)c4C[C@@H]32)C1. The predicted molar refractivity (Wildman–Crippen MR) is 129 cm³/mol. The van der Waals surface area contributed by atoms with Crippen LogP contribution in [-0.4, -0.2) is 21.9 Å². The first-order chi connectivity index (χ1) is 15.8. The second kappa shape index (κ2) is 7.32. The third kappa shape index (κ3) is 3.02. The molecule has 0 bridgehead atoms. The number of allylic oxidation sites excluding steroid dienone is 1. The molecule has 4 aliphatic carbocycles. The zero-order valence-corrected chi connectivity index (χ0v) is 20.4. The number of carbonyl (C=O) groups excluding carboxylic acids is 1. The number of ether oxygens (including phenoxy) is 1. The van der Waals surface area contributed by atoms with Crippen molar-refractivity contribution in [1.82, 2.24) is 9.78 Å². The lowest BCUT2D eigenvalue weighted by Crippen LogP contribution is -2.51. The minimum Gasteiger partial charge on any atom is -0.462 e. The van der Waals surface area contributed by atoms with Gasteiger partial charge >= 0.3 is 5.97 Å². The summed E-state index contributed by atoms with van der Waals surface area (Å²) in [6.07, 6.45) is 10.5. The van der Waals surface area contributed by atoms with Crippen molar-refractivity contribution in [3.05, 3.63) is 58.9 Å². The highest BCUT2D eigenvalue weighted by atomic mass is 16.5. The van der Waals surface area contributed by atoms with Gasteiger partial charge in [0, 0.05) is 24.6 Å². The average Bonchev–Trinajstić information content (AvgIpc) is 3.29. The van der Waals surface area contributed by atoms with E-state index in [0.717, 1.165) is 37.5 Å². The van der Waals surface area contributed by atoms with E-state index >= 15 is 0 Å². The maximum absolute atomic E-state index is 11.5. The molecule has 6 atom stereocenters. The molecule has 4 heteroatoms. The van der Waals surface area contributed by atoms with Crippen LogP contribution in [0.1, 0.15) is 76.2 Å². The Labute approximate surface area is 197 Å². The number of esters is 1. The molecule has 2 saturated carbocycles. The van der Waals surface area contributed by atoms with Gasteiger partial charge in [0.1, 0.15) is 6.10 Å². The van der Waals surface area contributed by atoms with Gasteiger partial charge in [0.2, 0.25) is 0 Å². The van der Waals surface area contributed by atoms with E-state index in [0.29, 0.717) is 5.92 Å². The Morgan fingerprint density at radius 3 is 2.58 bits per heavy atom. The fourth-order valence-electron chi connectivity index (χ4n) is 8.47. The molecular weight excluding hydrogens is 408 g/mol. The van der Waals surface area contributed by atoms with Gasteiger partial charge in [-0.1, -0.05) is 43.7 Å². The number of hydrogen-bond acceptors (Lipinski definition) is 3. The van der Waals surface area contributed by atoms with Crippen molar-refractivity contribution in [3.63, 3.8) is 0 Å². The van der Waals surface area contributed by atoms with E-state index in [4.69, 9.17) is 9.84 Å². The molecule has 0 aliphatic heterocycles. The molecule has 2 fully saturated rings. The lowest BCUT2D eigenvalue weighted by atomic mass is 9.47. The summed E-state index contributed by atoms with van der Waals surface area (Å²) in [4.78, 5) is 11.5. The summed E-state index contributed by atoms with van der Waals surface area (Å²) in [6, 6.07) is 10.7. The maximum Gasteiger partial charge on any atom is 0.302 e. The number of rotatable bonds is 2. The maximum atomic E-state index is 11.5. The lowest BCUT2D eigenvalue weighted by molar-refractivity contribution is -0.148. The van der Waals surface area contributed by atoms with Crippen molar-refractivity contribution in [2.45, 2.75) is 84.2 Å². The fourth-order valence-corrected chi connectivity index (χ4v) is 8.47. The van der Waals surface area contributed by atoms with E-state index in [1.807, 2.05) is 0 Å². The molecule has 0 spiro atoms. The van der Waals surface area contributed by atoms with Crippen LogP contribution in [0.5, 0.6) is 0 Å². The van der Waals surface area contributed by atoms with E-state index in [-0.39, 0.29) is 22.9 Å². The van der Waals surface area contributed by atoms with Crippen molar-refractivity contribution < 1.29 is 9.53 Å². The van der Waals surface area contributed by atoms with Crippen molar-refractivity contribution in [2.75, 3.05) is 0 Å². The van der Waals surface area contributed by atoms with Gasteiger partial charge < -0.3 is 4.74 Å². The molecule has 1 aromatic heterocycles. The van der Waals surface area contributed by atoms with Gasteiger partial charge in [-0.2, -0.15) is 5.10 Å². The minimum absolute atomic E-state index is 0.0717. The fraction of sp³-hybridized carbons (Fsp3) is 0.586. The average molecular weight is 445 g/mol. The molecule has 2 aromatic rings. The van der Waals surface area contributed by atoms with E-state index in [9.17, 15) is 4.79 Å². The van der Waals surface area contributed by atoms with Crippen LogP contribution in [0.15, 0.2) is 42.0 Å². The monoisotopic (exact) mass is 444 g/mol. The number of fused-ring (bicyclic) bond motifs is 7. The molecule has 1 heterocycles. The summed E-state index contributed by atoms with van der Waals surface area (Å²) >= 11 is 0. The highest BCUT2D eigenvalue weighted by Gasteiger charge is 2.58. The molecule has 0 radical (unpaired) electrons. The van der Waals surface area contributed by atoms with Crippen molar-refractivity contribution in [2.24, 2.45) is 23.2 Å². The summed E-state index contributed by atoms with van der Waals surface area (Å²) in [7, 11) is 0. The van der Waals surface area contributed by atoms with Gasteiger partial charge in [-0.25, -0.2) is 4.68 Å². The van der Waals surface area contributed by atoms with Crippen LogP contribution in [0.4, 0.5) is 0 Å². The molecule has 6 rings (SSSR count). The van der Waals surface area contributed by atoms with E-state index in [1.54, 1.807) is 5.57 Å². The highest BCUT2D eigenvalue weighted by molar-refractivity contribution is 5.66. The molecule has 0 N–H and O–H groups in total. The van der Waals surface area contributed by atoms with Gasteiger partial charge in [-0.15, -0.1) is 0 Å². The van der Waals surface area contributed by atoms with Crippen molar-refractivity contribution in [1.29, 1.82) is 0 Å². The zero-order chi connectivity index (χ0) is 23.0. The van der Waals surface area contributed by atoms with Gasteiger partial charge in [0.25, 0.3) is 0 Å². The number of carbonyl (C=O) groups is 1. The van der Waals surface area contributed by atoms with Crippen molar-refractivity contribution in [3.8, 4) is 5.69 Å². The Kier molecular flexibility index (Phi) is 4.70. The second-order valence-electron chi connectivity index (χ2n) is 11.5. The van der Waals surface area contributed by atoms with Crippen molar-refractivity contribution >= 4 is 5.97 Å². The molecule has 0 unspecified atom stereocenters.